The van der Waals surface area contributed by atoms with Gasteiger partial charge in [-0.15, -0.1) is 0 Å². The lowest BCUT2D eigenvalue weighted by Crippen LogP contribution is -1.98. The van der Waals surface area contributed by atoms with Crippen LogP contribution in [0.25, 0.3) is 0 Å². The van der Waals surface area contributed by atoms with E-state index in [2.05, 4.69) is 19.6 Å². The second-order valence-corrected chi connectivity index (χ2v) is 2.82. The van der Waals surface area contributed by atoms with Gasteiger partial charge in [0.2, 0.25) is 0 Å². The highest BCUT2D eigenvalue weighted by Crippen LogP contribution is 2.22. The second-order valence-electron chi connectivity index (χ2n) is 2.82. The number of hydrogen-bond acceptors (Lipinski definition) is 0. The quantitative estimate of drug-likeness (QED) is 0.501. The molecule has 1 atom stereocenters. The molecule has 0 spiro atoms. The van der Waals surface area contributed by atoms with Gasteiger partial charge in [-0.2, -0.15) is 0 Å². The highest BCUT2D eigenvalue weighted by Gasteiger charge is 2.05. The zero-order valence-electron chi connectivity index (χ0n) is 6.06. The van der Waals surface area contributed by atoms with Crippen LogP contribution in [0.15, 0.2) is 24.3 Å². The maximum absolute atomic E-state index is 3.75. The fourth-order valence-corrected chi connectivity index (χ4v) is 1.33. The maximum Gasteiger partial charge on any atom is -0.0256 e. The summed E-state index contributed by atoms with van der Waals surface area (Å²) in [5, 5.41) is 0. The molecule has 0 fully saturated rings. The first-order valence-corrected chi connectivity index (χ1v) is 3.66. The Morgan fingerprint density at radius 1 is 1.78 bits per heavy atom. The van der Waals surface area contributed by atoms with Gasteiger partial charge in [-0.05, 0) is 25.2 Å². The summed E-state index contributed by atoms with van der Waals surface area (Å²) in [5.74, 6) is 0.784. The topological polar surface area (TPSA) is 0 Å². The fraction of sp³-hybridized carbons (Fsp3) is 0.556. The van der Waals surface area contributed by atoms with Crippen molar-refractivity contribution in [2.24, 2.45) is 5.92 Å². The number of rotatable bonds is 1. The zero-order chi connectivity index (χ0) is 6.69. The molecule has 0 nitrogen and oxygen atoms in total. The molecule has 50 valence electrons. The average Bonchev–Trinajstić information content (AvgIpc) is 1.88. The van der Waals surface area contributed by atoms with Gasteiger partial charge in [-0.3, -0.25) is 0 Å². The van der Waals surface area contributed by atoms with Gasteiger partial charge in [0.15, 0.2) is 0 Å². The molecule has 1 rings (SSSR count). The van der Waals surface area contributed by atoms with Crippen molar-refractivity contribution >= 4 is 0 Å². The van der Waals surface area contributed by atoms with E-state index in [1.165, 1.54) is 24.8 Å². The van der Waals surface area contributed by atoms with Gasteiger partial charge in [0.05, 0.1) is 0 Å². The van der Waals surface area contributed by atoms with Gasteiger partial charge < -0.3 is 0 Å². The molecule has 0 saturated carbocycles. The summed E-state index contributed by atoms with van der Waals surface area (Å²) in [5.41, 5.74) is 1.44. The van der Waals surface area contributed by atoms with Crippen molar-refractivity contribution in [2.45, 2.75) is 26.2 Å². The molecule has 9 heavy (non-hydrogen) atoms. The molecule has 0 radical (unpaired) electrons. The maximum atomic E-state index is 3.75. The molecule has 0 unspecified atom stereocenters. The van der Waals surface area contributed by atoms with E-state index < -0.39 is 0 Å². The molecule has 0 aromatic rings. The van der Waals surface area contributed by atoms with Crippen molar-refractivity contribution in [3.63, 3.8) is 0 Å². The first-order chi connectivity index (χ1) is 4.33. The molecule has 0 amide bonds. The second kappa shape index (κ2) is 2.86. The molecule has 0 heteroatoms. The van der Waals surface area contributed by atoms with Crippen LogP contribution in [0.1, 0.15) is 26.2 Å². The number of allylic oxidation sites excluding steroid dienone is 3. The fourth-order valence-electron chi connectivity index (χ4n) is 1.33. The van der Waals surface area contributed by atoms with Crippen LogP contribution in [0, 0.1) is 5.92 Å². The molecule has 0 bridgehead atoms. The monoisotopic (exact) mass is 122 g/mol. The van der Waals surface area contributed by atoms with Crippen LogP contribution < -0.4 is 0 Å². The molecule has 0 aromatic carbocycles. The summed E-state index contributed by atoms with van der Waals surface area (Å²) >= 11 is 0. The molecular formula is C9H14. The largest absolute Gasteiger partial charge is 0.0988 e. The summed E-state index contributed by atoms with van der Waals surface area (Å²) in [6, 6.07) is 0. The summed E-state index contributed by atoms with van der Waals surface area (Å²) in [6.45, 7) is 6.02. The minimum absolute atomic E-state index is 0.784. The Bertz CT molecular complexity index is 131. The SMILES string of the molecule is C=CC1=C[C@@H](C)CCC1. The van der Waals surface area contributed by atoms with Gasteiger partial charge >= 0.3 is 0 Å². The van der Waals surface area contributed by atoms with E-state index in [1.54, 1.807) is 0 Å². The first kappa shape index (κ1) is 6.60. The van der Waals surface area contributed by atoms with Crippen LogP contribution in [0.2, 0.25) is 0 Å². The van der Waals surface area contributed by atoms with E-state index in [4.69, 9.17) is 0 Å². The Hall–Kier alpha value is -0.520. The molecular weight excluding hydrogens is 108 g/mol. The summed E-state index contributed by atoms with van der Waals surface area (Å²) < 4.78 is 0. The Kier molecular flexibility index (Phi) is 2.10. The minimum Gasteiger partial charge on any atom is -0.0988 e. The first-order valence-electron chi connectivity index (χ1n) is 3.66. The predicted octanol–water partition coefficient (Wildman–Crippen LogP) is 2.92. The van der Waals surface area contributed by atoms with Gasteiger partial charge in [-0.1, -0.05) is 31.2 Å². The third kappa shape index (κ3) is 1.70. The Morgan fingerprint density at radius 3 is 3.00 bits per heavy atom. The van der Waals surface area contributed by atoms with E-state index in [0.717, 1.165) is 5.92 Å². The van der Waals surface area contributed by atoms with Crippen LogP contribution >= 0.6 is 0 Å². The molecule has 1 aliphatic carbocycles. The van der Waals surface area contributed by atoms with Crippen molar-refractivity contribution in [1.82, 2.24) is 0 Å². The summed E-state index contributed by atoms with van der Waals surface area (Å²) in [4.78, 5) is 0. The Labute approximate surface area is 57.3 Å². The molecule has 0 aromatic heterocycles. The van der Waals surface area contributed by atoms with Gasteiger partial charge in [0, 0.05) is 0 Å². The van der Waals surface area contributed by atoms with Crippen molar-refractivity contribution < 1.29 is 0 Å². The lowest BCUT2D eigenvalue weighted by molar-refractivity contribution is 0.574. The van der Waals surface area contributed by atoms with Gasteiger partial charge in [-0.25, -0.2) is 0 Å². The smallest absolute Gasteiger partial charge is 0.0256 e. The van der Waals surface area contributed by atoms with Crippen LogP contribution in [-0.2, 0) is 0 Å². The Balaban J connectivity index is 2.59. The minimum atomic E-state index is 0.784. The third-order valence-corrected chi connectivity index (χ3v) is 1.89. The van der Waals surface area contributed by atoms with E-state index in [0.29, 0.717) is 0 Å². The summed E-state index contributed by atoms with van der Waals surface area (Å²) in [7, 11) is 0. The lowest BCUT2D eigenvalue weighted by atomic mass is 9.92. The third-order valence-electron chi connectivity index (χ3n) is 1.89. The highest BCUT2D eigenvalue weighted by atomic mass is 14.1. The molecule has 0 aliphatic heterocycles. The normalized spacial score (nSPS) is 27.2. The predicted molar refractivity (Wildman–Crippen MR) is 41.3 cm³/mol. The standard InChI is InChI=1S/C9H14/c1-3-9-6-4-5-8(2)7-9/h3,7-8H,1,4-6H2,2H3/t8-/m0/s1. The van der Waals surface area contributed by atoms with E-state index in [-0.39, 0.29) is 0 Å². The molecule has 0 saturated heterocycles. The van der Waals surface area contributed by atoms with Crippen LogP contribution in [0.4, 0.5) is 0 Å². The molecule has 0 heterocycles. The van der Waals surface area contributed by atoms with Crippen molar-refractivity contribution in [3.05, 3.63) is 24.3 Å². The van der Waals surface area contributed by atoms with Crippen molar-refractivity contribution in [2.75, 3.05) is 0 Å². The molecule has 0 N–H and O–H groups in total. The summed E-state index contributed by atoms with van der Waals surface area (Å²) in [6.07, 6.45) is 8.26. The highest BCUT2D eigenvalue weighted by molar-refractivity contribution is 5.18. The van der Waals surface area contributed by atoms with Crippen LogP contribution in [0.5, 0.6) is 0 Å². The number of hydrogen-bond donors (Lipinski definition) is 0. The van der Waals surface area contributed by atoms with Crippen molar-refractivity contribution in [1.29, 1.82) is 0 Å². The Morgan fingerprint density at radius 2 is 2.56 bits per heavy atom. The average molecular weight is 122 g/mol. The van der Waals surface area contributed by atoms with E-state index >= 15 is 0 Å². The lowest BCUT2D eigenvalue weighted by Gasteiger charge is -2.14. The van der Waals surface area contributed by atoms with Crippen molar-refractivity contribution in [3.8, 4) is 0 Å². The van der Waals surface area contributed by atoms with Crippen LogP contribution in [0.3, 0.4) is 0 Å². The zero-order valence-corrected chi connectivity index (χ0v) is 6.06. The van der Waals surface area contributed by atoms with Crippen LogP contribution in [-0.4, -0.2) is 0 Å². The van der Waals surface area contributed by atoms with E-state index in [9.17, 15) is 0 Å². The van der Waals surface area contributed by atoms with Gasteiger partial charge in [0.25, 0.3) is 0 Å². The van der Waals surface area contributed by atoms with E-state index in [1.807, 2.05) is 6.08 Å². The van der Waals surface area contributed by atoms with Gasteiger partial charge in [0.1, 0.15) is 0 Å². The molecule has 1 aliphatic rings.